The molecular weight excluding hydrogens is 236 g/mol. The quantitative estimate of drug-likeness (QED) is 0.769. The van der Waals surface area contributed by atoms with Crippen LogP contribution in [0.5, 0.6) is 0 Å². The third-order valence-electron chi connectivity index (χ3n) is 2.12. The second kappa shape index (κ2) is 5.66. The van der Waals surface area contributed by atoms with Gasteiger partial charge in [-0.2, -0.15) is 0 Å². The maximum absolute atomic E-state index is 11.8. The summed E-state index contributed by atoms with van der Waals surface area (Å²) >= 11 is 0. The van der Waals surface area contributed by atoms with E-state index in [-0.39, 0.29) is 12.4 Å². The number of imidazole rings is 1. The van der Waals surface area contributed by atoms with Crippen molar-refractivity contribution < 1.29 is 19.1 Å². The van der Waals surface area contributed by atoms with Gasteiger partial charge in [-0.1, -0.05) is 0 Å². The monoisotopic (exact) mass is 254 g/mol. The molecule has 6 heteroatoms. The van der Waals surface area contributed by atoms with Crippen molar-refractivity contribution in [3.63, 3.8) is 0 Å². The number of aryl methyl sites for hydroxylation is 1. The summed E-state index contributed by atoms with van der Waals surface area (Å²) in [5, 5.41) is 0. The molecule has 0 spiro atoms. The number of aromatic nitrogens is 2. The average Bonchev–Trinajstić information content (AvgIpc) is 2.71. The van der Waals surface area contributed by atoms with Gasteiger partial charge in [-0.05, 0) is 20.8 Å². The zero-order chi connectivity index (χ0) is 13.8. The van der Waals surface area contributed by atoms with Crippen molar-refractivity contribution in [1.29, 1.82) is 0 Å². The van der Waals surface area contributed by atoms with E-state index in [0.29, 0.717) is 12.1 Å². The minimum atomic E-state index is -0.568. The van der Waals surface area contributed by atoms with Crippen molar-refractivity contribution >= 4 is 12.1 Å². The van der Waals surface area contributed by atoms with Gasteiger partial charge in [0, 0.05) is 18.3 Å². The van der Waals surface area contributed by atoms with Gasteiger partial charge in [-0.25, -0.2) is 14.3 Å². The lowest BCUT2D eigenvalue weighted by Gasteiger charge is -2.20. The van der Waals surface area contributed by atoms with Crippen molar-refractivity contribution in [2.45, 2.75) is 39.2 Å². The van der Waals surface area contributed by atoms with E-state index in [1.54, 1.807) is 20.8 Å². The second-order valence-electron chi connectivity index (χ2n) is 4.81. The van der Waals surface area contributed by atoms with E-state index in [1.165, 1.54) is 24.2 Å². The molecule has 18 heavy (non-hydrogen) atoms. The fraction of sp³-hybridized carbons (Fsp3) is 0.583. The first-order valence-corrected chi connectivity index (χ1v) is 5.65. The van der Waals surface area contributed by atoms with Crippen LogP contribution in [0.3, 0.4) is 0 Å². The molecule has 0 aliphatic rings. The van der Waals surface area contributed by atoms with Crippen molar-refractivity contribution in [3.05, 3.63) is 18.2 Å². The highest BCUT2D eigenvalue weighted by Gasteiger charge is 2.19. The highest BCUT2D eigenvalue weighted by molar-refractivity contribution is 5.72. The highest BCUT2D eigenvalue weighted by Crippen LogP contribution is 2.11. The van der Waals surface area contributed by atoms with Gasteiger partial charge in [-0.15, -0.1) is 0 Å². The Bertz CT molecular complexity index is 432. The molecule has 0 unspecified atom stereocenters. The number of esters is 1. The third-order valence-corrected chi connectivity index (χ3v) is 2.12. The van der Waals surface area contributed by atoms with Crippen LogP contribution in [0.1, 0.15) is 32.9 Å². The summed E-state index contributed by atoms with van der Waals surface area (Å²) in [5.41, 5.74) is 0.0516. The molecule has 0 aromatic carbocycles. The summed E-state index contributed by atoms with van der Waals surface area (Å²) in [4.78, 5) is 26.8. The van der Waals surface area contributed by atoms with E-state index < -0.39 is 11.7 Å². The lowest BCUT2D eigenvalue weighted by Crippen LogP contribution is -2.27. The van der Waals surface area contributed by atoms with Crippen LogP contribution in [0.25, 0.3) is 0 Å². The molecule has 0 fully saturated rings. The van der Waals surface area contributed by atoms with Crippen molar-refractivity contribution in [2.24, 2.45) is 0 Å². The van der Waals surface area contributed by atoms with Crippen LogP contribution >= 0.6 is 0 Å². The van der Waals surface area contributed by atoms with Gasteiger partial charge in [0.05, 0.1) is 13.5 Å². The minimum Gasteiger partial charge on any atom is -0.469 e. The molecule has 1 aromatic rings. The standard InChI is InChI=1S/C12H18N2O4/c1-12(2,3)18-11(16)14-8-13-7-9(14)5-6-10(15)17-4/h7-8H,5-6H2,1-4H3. The predicted molar refractivity (Wildman–Crippen MR) is 64.2 cm³/mol. The Morgan fingerprint density at radius 1 is 1.39 bits per heavy atom. The molecule has 1 aromatic heterocycles. The summed E-state index contributed by atoms with van der Waals surface area (Å²) < 4.78 is 11.1. The molecule has 6 nitrogen and oxygen atoms in total. The first kappa shape index (κ1) is 14.2. The number of carbonyl (C=O) groups excluding carboxylic acids is 2. The van der Waals surface area contributed by atoms with Crippen LogP contribution < -0.4 is 0 Å². The molecule has 1 heterocycles. The van der Waals surface area contributed by atoms with Crippen LogP contribution in [-0.2, 0) is 20.7 Å². The molecule has 0 atom stereocenters. The van der Waals surface area contributed by atoms with Gasteiger partial charge in [0.15, 0.2) is 0 Å². The number of hydrogen-bond donors (Lipinski definition) is 0. The van der Waals surface area contributed by atoms with Gasteiger partial charge in [-0.3, -0.25) is 4.79 Å². The average molecular weight is 254 g/mol. The maximum atomic E-state index is 11.8. The summed E-state index contributed by atoms with van der Waals surface area (Å²) in [7, 11) is 1.33. The molecule has 0 N–H and O–H groups in total. The Kier molecular flexibility index (Phi) is 4.47. The number of methoxy groups -OCH3 is 1. The molecule has 100 valence electrons. The van der Waals surface area contributed by atoms with Gasteiger partial charge in [0.2, 0.25) is 0 Å². The smallest absolute Gasteiger partial charge is 0.420 e. The van der Waals surface area contributed by atoms with Crippen molar-refractivity contribution in [2.75, 3.05) is 7.11 Å². The third kappa shape index (κ3) is 4.20. The molecule has 0 aliphatic carbocycles. The van der Waals surface area contributed by atoms with Crippen molar-refractivity contribution in [1.82, 2.24) is 9.55 Å². The molecule has 0 bridgehead atoms. The van der Waals surface area contributed by atoms with E-state index in [2.05, 4.69) is 9.72 Å². The molecule has 0 saturated heterocycles. The zero-order valence-corrected chi connectivity index (χ0v) is 11.1. The summed E-state index contributed by atoms with van der Waals surface area (Å²) in [6.45, 7) is 5.36. The largest absolute Gasteiger partial charge is 0.469 e. The Morgan fingerprint density at radius 2 is 2.06 bits per heavy atom. The fourth-order valence-corrected chi connectivity index (χ4v) is 1.32. The molecule has 0 aliphatic heterocycles. The molecule has 1 rings (SSSR count). The Balaban J connectivity index is 2.70. The van der Waals surface area contributed by atoms with Crippen LogP contribution in [0.2, 0.25) is 0 Å². The van der Waals surface area contributed by atoms with E-state index in [9.17, 15) is 9.59 Å². The van der Waals surface area contributed by atoms with Gasteiger partial charge in [0.1, 0.15) is 11.9 Å². The van der Waals surface area contributed by atoms with E-state index in [4.69, 9.17) is 4.74 Å². The summed E-state index contributed by atoms with van der Waals surface area (Å²) in [6, 6.07) is 0. The molecule has 0 radical (unpaired) electrons. The molecule has 0 amide bonds. The maximum Gasteiger partial charge on any atom is 0.420 e. The van der Waals surface area contributed by atoms with Crippen LogP contribution in [0.4, 0.5) is 4.79 Å². The van der Waals surface area contributed by atoms with Gasteiger partial charge in [0.25, 0.3) is 0 Å². The predicted octanol–water partition coefficient (Wildman–Crippen LogP) is 1.77. The normalized spacial score (nSPS) is 11.1. The minimum absolute atomic E-state index is 0.199. The lowest BCUT2D eigenvalue weighted by molar-refractivity contribution is -0.140. The highest BCUT2D eigenvalue weighted by atomic mass is 16.6. The van der Waals surface area contributed by atoms with Crippen LogP contribution in [0.15, 0.2) is 12.5 Å². The number of rotatable bonds is 3. The van der Waals surface area contributed by atoms with Crippen LogP contribution in [0, 0.1) is 0 Å². The lowest BCUT2D eigenvalue weighted by atomic mass is 10.2. The van der Waals surface area contributed by atoms with E-state index in [0.717, 1.165) is 0 Å². The molecular formula is C12H18N2O4. The first-order chi connectivity index (χ1) is 8.33. The number of ether oxygens (including phenoxy) is 2. The number of carbonyl (C=O) groups is 2. The Morgan fingerprint density at radius 3 is 2.61 bits per heavy atom. The number of hydrogen-bond acceptors (Lipinski definition) is 5. The molecule has 0 saturated carbocycles. The van der Waals surface area contributed by atoms with Gasteiger partial charge < -0.3 is 9.47 Å². The topological polar surface area (TPSA) is 70.4 Å². The van der Waals surface area contributed by atoms with Gasteiger partial charge >= 0.3 is 12.1 Å². The van der Waals surface area contributed by atoms with Crippen molar-refractivity contribution in [3.8, 4) is 0 Å². The summed E-state index contributed by atoms with van der Waals surface area (Å²) in [5.74, 6) is -0.327. The fourth-order valence-electron chi connectivity index (χ4n) is 1.32. The second-order valence-corrected chi connectivity index (χ2v) is 4.81. The zero-order valence-electron chi connectivity index (χ0n) is 11.1. The SMILES string of the molecule is COC(=O)CCc1cncn1C(=O)OC(C)(C)C. The number of nitrogens with zero attached hydrogens (tertiary/aromatic N) is 2. The first-order valence-electron chi connectivity index (χ1n) is 5.65. The Hall–Kier alpha value is -1.85. The van der Waals surface area contributed by atoms with Crippen LogP contribution in [-0.4, -0.2) is 34.3 Å². The Labute approximate surface area is 106 Å². The van der Waals surface area contributed by atoms with E-state index in [1.807, 2.05) is 0 Å². The summed E-state index contributed by atoms with van der Waals surface area (Å²) in [6.07, 6.45) is 2.99. The van der Waals surface area contributed by atoms with E-state index >= 15 is 0 Å².